The van der Waals surface area contributed by atoms with E-state index >= 15 is 0 Å². The van der Waals surface area contributed by atoms with Crippen LogP contribution in [0.4, 0.5) is 0 Å². The fourth-order valence-electron chi connectivity index (χ4n) is 2.34. The molecule has 20 heavy (non-hydrogen) atoms. The van der Waals surface area contributed by atoms with Gasteiger partial charge in [-0.3, -0.25) is 0 Å². The molecule has 2 heterocycles. The molecule has 1 fully saturated rings. The van der Waals surface area contributed by atoms with Crippen LogP contribution >= 0.6 is 0 Å². The molecule has 0 bridgehead atoms. The van der Waals surface area contributed by atoms with Crippen molar-refractivity contribution in [3.8, 4) is 5.88 Å². The molecule has 4 nitrogen and oxygen atoms in total. The van der Waals surface area contributed by atoms with Gasteiger partial charge < -0.3 is 14.8 Å². The quantitative estimate of drug-likeness (QED) is 0.779. The minimum absolute atomic E-state index is 0.250. The summed E-state index contributed by atoms with van der Waals surface area (Å²) in [5.41, 5.74) is 2.36. The first kappa shape index (κ1) is 15.3. The zero-order valence-corrected chi connectivity index (χ0v) is 12.7. The Hall–Kier alpha value is -1.13. The lowest BCUT2D eigenvalue weighted by Crippen LogP contribution is -2.26. The summed E-state index contributed by atoms with van der Waals surface area (Å²) in [4.78, 5) is 4.58. The standard InChI is InChI=1S/C16H26N2O2/c1-3-7-17-12-13-10-14(4-2)18-16(11-13)20-15-5-8-19-9-6-15/h10-11,15,17H,3-9,12H2,1-2H3. The number of pyridine rings is 1. The SMILES string of the molecule is CCCNCc1cc(CC)nc(OC2CCOCC2)c1. The van der Waals surface area contributed by atoms with E-state index in [2.05, 4.69) is 36.3 Å². The molecule has 2 rings (SSSR count). The van der Waals surface area contributed by atoms with E-state index in [1.165, 1.54) is 5.56 Å². The van der Waals surface area contributed by atoms with Crippen LogP contribution in [0, 0.1) is 0 Å². The van der Waals surface area contributed by atoms with Crippen LogP contribution in [0.15, 0.2) is 12.1 Å². The third kappa shape index (κ3) is 4.76. The average molecular weight is 278 g/mol. The Morgan fingerprint density at radius 1 is 1.30 bits per heavy atom. The Kier molecular flexibility index (Phi) is 6.27. The van der Waals surface area contributed by atoms with Crippen molar-refractivity contribution in [1.82, 2.24) is 10.3 Å². The zero-order chi connectivity index (χ0) is 14.2. The molecule has 0 amide bonds. The van der Waals surface area contributed by atoms with E-state index in [1.54, 1.807) is 0 Å². The van der Waals surface area contributed by atoms with Gasteiger partial charge >= 0.3 is 0 Å². The molecule has 0 aromatic carbocycles. The molecule has 1 N–H and O–H groups in total. The van der Waals surface area contributed by atoms with E-state index < -0.39 is 0 Å². The van der Waals surface area contributed by atoms with Gasteiger partial charge in [-0.05, 0) is 31.0 Å². The highest BCUT2D eigenvalue weighted by atomic mass is 16.5. The molecule has 1 aliphatic rings. The Bertz CT molecular complexity index is 403. The lowest BCUT2D eigenvalue weighted by Gasteiger charge is -2.23. The number of aromatic nitrogens is 1. The van der Waals surface area contributed by atoms with Crippen LogP contribution in [0.25, 0.3) is 0 Å². The lowest BCUT2D eigenvalue weighted by molar-refractivity contribution is 0.0236. The van der Waals surface area contributed by atoms with Crippen LogP contribution in [-0.4, -0.2) is 30.8 Å². The molecule has 1 aromatic rings. The summed E-state index contributed by atoms with van der Waals surface area (Å²) in [6.07, 6.45) is 4.26. The lowest BCUT2D eigenvalue weighted by atomic mass is 10.1. The van der Waals surface area contributed by atoms with Crippen LogP contribution < -0.4 is 10.1 Å². The van der Waals surface area contributed by atoms with E-state index in [0.29, 0.717) is 0 Å². The van der Waals surface area contributed by atoms with Gasteiger partial charge in [0.25, 0.3) is 0 Å². The fraction of sp³-hybridized carbons (Fsp3) is 0.688. The van der Waals surface area contributed by atoms with Gasteiger partial charge in [0.2, 0.25) is 5.88 Å². The van der Waals surface area contributed by atoms with Crippen LogP contribution in [-0.2, 0) is 17.7 Å². The maximum Gasteiger partial charge on any atom is 0.214 e. The Morgan fingerprint density at radius 2 is 2.10 bits per heavy atom. The van der Waals surface area contributed by atoms with Crippen molar-refractivity contribution >= 4 is 0 Å². The van der Waals surface area contributed by atoms with Crippen molar-refractivity contribution in [3.63, 3.8) is 0 Å². The highest BCUT2D eigenvalue weighted by molar-refractivity contribution is 5.25. The van der Waals surface area contributed by atoms with E-state index in [1.807, 2.05) is 0 Å². The van der Waals surface area contributed by atoms with E-state index in [0.717, 1.165) is 63.6 Å². The second-order valence-corrected chi connectivity index (χ2v) is 5.26. The first-order valence-electron chi connectivity index (χ1n) is 7.76. The molecular weight excluding hydrogens is 252 g/mol. The first-order valence-corrected chi connectivity index (χ1v) is 7.76. The molecule has 1 saturated heterocycles. The molecule has 0 atom stereocenters. The van der Waals surface area contributed by atoms with Gasteiger partial charge in [0.05, 0.1) is 13.2 Å². The van der Waals surface area contributed by atoms with Gasteiger partial charge in [-0.2, -0.15) is 0 Å². The van der Waals surface area contributed by atoms with Crippen molar-refractivity contribution in [2.24, 2.45) is 0 Å². The van der Waals surface area contributed by atoms with E-state index in [9.17, 15) is 0 Å². The van der Waals surface area contributed by atoms with Crippen LogP contribution in [0.3, 0.4) is 0 Å². The molecule has 112 valence electrons. The van der Waals surface area contributed by atoms with Gasteiger partial charge in [-0.15, -0.1) is 0 Å². The molecule has 0 saturated carbocycles. The molecule has 0 radical (unpaired) electrons. The maximum absolute atomic E-state index is 6.03. The smallest absolute Gasteiger partial charge is 0.214 e. The van der Waals surface area contributed by atoms with Gasteiger partial charge in [-0.25, -0.2) is 4.98 Å². The Balaban J connectivity index is 2.00. The minimum Gasteiger partial charge on any atom is -0.474 e. The van der Waals surface area contributed by atoms with E-state index in [4.69, 9.17) is 9.47 Å². The van der Waals surface area contributed by atoms with Crippen molar-refractivity contribution in [1.29, 1.82) is 0 Å². The third-order valence-electron chi connectivity index (χ3n) is 3.49. The second kappa shape index (κ2) is 8.22. The molecule has 1 aliphatic heterocycles. The second-order valence-electron chi connectivity index (χ2n) is 5.26. The number of rotatable bonds is 7. The molecule has 0 aliphatic carbocycles. The summed E-state index contributed by atoms with van der Waals surface area (Å²) in [6.45, 7) is 7.82. The zero-order valence-electron chi connectivity index (χ0n) is 12.7. The number of hydrogen-bond donors (Lipinski definition) is 1. The van der Waals surface area contributed by atoms with Gasteiger partial charge in [0, 0.05) is 31.1 Å². The first-order chi connectivity index (χ1) is 9.81. The van der Waals surface area contributed by atoms with Gasteiger partial charge in [0.15, 0.2) is 0 Å². The number of nitrogens with zero attached hydrogens (tertiary/aromatic N) is 1. The fourth-order valence-corrected chi connectivity index (χ4v) is 2.34. The maximum atomic E-state index is 6.03. The van der Waals surface area contributed by atoms with Gasteiger partial charge in [0.1, 0.15) is 6.10 Å². The summed E-state index contributed by atoms with van der Waals surface area (Å²) in [5.74, 6) is 0.768. The van der Waals surface area contributed by atoms with Gasteiger partial charge in [-0.1, -0.05) is 13.8 Å². The number of ether oxygens (including phenoxy) is 2. The topological polar surface area (TPSA) is 43.4 Å². The van der Waals surface area contributed by atoms with Crippen LogP contribution in [0.2, 0.25) is 0 Å². The van der Waals surface area contributed by atoms with E-state index in [-0.39, 0.29) is 6.10 Å². The largest absolute Gasteiger partial charge is 0.474 e. The Morgan fingerprint density at radius 3 is 2.80 bits per heavy atom. The number of nitrogens with one attached hydrogen (secondary N) is 1. The summed E-state index contributed by atoms with van der Waals surface area (Å²) >= 11 is 0. The third-order valence-corrected chi connectivity index (χ3v) is 3.49. The van der Waals surface area contributed by atoms with Crippen molar-refractivity contribution in [3.05, 3.63) is 23.4 Å². The predicted octanol–water partition coefficient (Wildman–Crippen LogP) is 2.70. The normalized spacial score (nSPS) is 16.3. The molecule has 1 aromatic heterocycles. The Labute approximate surface area is 121 Å². The predicted molar refractivity (Wildman–Crippen MR) is 80.1 cm³/mol. The average Bonchev–Trinajstić information content (AvgIpc) is 2.48. The van der Waals surface area contributed by atoms with Crippen molar-refractivity contribution < 1.29 is 9.47 Å². The highest BCUT2D eigenvalue weighted by Crippen LogP contribution is 2.18. The van der Waals surface area contributed by atoms with Crippen LogP contribution in [0.1, 0.15) is 44.4 Å². The number of hydrogen-bond acceptors (Lipinski definition) is 4. The molecule has 4 heteroatoms. The summed E-state index contributed by atoms with van der Waals surface area (Å²) in [5, 5.41) is 3.43. The van der Waals surface area contributed by atoms with Crippen LogP contribution in [0.5, 0.6) is 5.88 Å². The minimum atomic E-state index is 0.250. The monoisotopic (exact) mass is 278 g/mol. The summed E-state index contributed by atoms with van der Waals surface area (Å²) in [6, 6.07) is 4.23. The molecular formula is C16H26N2O2. The summed E-state index contributed by atoms with van der Waals surface area (Å²) < 4.78 is 11.4. The number of aryl methyl sites for hydroxylation is 1. The summed E-state index contributed by atoms with van der Waals surface area (Å²) in [7, 11) is 0. The van der Waals surface area contributed by atoms with Crippen molar-refractivity contribution in [2.45, 2.75) is 52.2 Å². The molecule has 0 unspecified atom stereocenters. The highest BCUT2D eigenvalue weighted by Gasteiger charge is 2.16. The van der Waals surface area contributed by atoms with Crippen molar-refractivity contribution in [2.75, 3.05) is 19.8 Å². The molecule has 0 spiro atoms.